The first-order valence-electron chi connectivity index (χ1n) is 28.3. The Kier molecular flexibility index (Phi) is 19.8. The maximum Gasteiger partial charge on any atom is 0.335 e. The van der Waals surface area contributed by atoms with Crippen LogP contribution in [0.3, 0.4) is 0 Å². The van der Waals surface area contributed by atoms with Crippen molar-refractivity contribution in [2.45, 2.75) is 210 Å². The monoisotopic (exact) mass is 1240 g/mol. The Morgan fingerprint density at radius 1 is 0.800 bits per heavy atom. The molecular formula is C57H85IN2O20. The minimum absolute atomic E-state index is 0.0455. The number of benzene rings is 1. The zero-order valence-corrected chi connectivity index (χ0v) is 48.6. The van der Waals surface area contributed by atoms with Crippen molar-refractivity contribution < 1.29 is 98.7 Å². The second kappa shape index (κ2) is 25.0. The van der Waals surface area contributed by atoms with Gasteiger partial charge in [0.1, 0.15) is 67.3 Å². The molecule has 0 radical (unpaired) electrons. The number of amides is 2. The largest absolute Gasteiger partial charge is 0.479 e. The maximum atomic E-state index is 13.9. The quantitative estimate of drug-likeness (QED) is 0.0306. The number of halogens is 1. The summed E-state index contributed by atoms with van der Waals surface area (Å²) in [5, 5.41) is 114. The minimum Gasteiger partial charge on any atom is -0.479 e. The lowest BCUT2D eigenvalue weighted by molar-refractivity contribution is -0.391. The van der Waals surface area contributed by atoms with Crippen molar-refractivity contribution in [3.8, 4) is 0 Å². The molecule has 16 unspecified atom stereocenters. The number of fused-ring (bicyclic) bond motifs is 5. The topological polar surface area (TPSA) is 350 Å². The van der Waals surface area contributed by atoms with Gasteiger partial charge >= 0.3 is 5.97 Å². The molecule has 23 heteroatoms. The molecule has 3 saturated heterocycles. The molecule has 3 saturated carbocycles. The number of aliphatic hydroxyl groups is 9. The summed E-state index contributed by atoms with van der Waals surface area (Å²) in [5.41, 5.74) is -0.716. The lowest BCUT2D eigenvalue weighted by Gasteiger charge is -2.70. The maximum absolute atomic E-state index is 13.9. The Morgan fingerprint density at radius 2 is 1.48 bits per heavy atom. The van der Waals surface area contributed by atoms with Crippen LogP contribution in [-0.2, 0) is 42.8 Å². The highest BCUT2D eigenvalue weighted by Crippen LogP contribution is 2.73. The molecule has 1 aromatic carbocycles. The minimum atomic E-state index is -2.14. The molecule has 7 aliphatic rings. The molecule has 3 aliphatic heterocycles. The van der Waals surface area contributed by atoms with Gasteiger partial charge in [-0.15, -0.1) is 0 Å². The average Bonchev–Trinajstić information content (AvgIpc) is 2.38. The molecular weight excluding hydrogens is 1160 g/mol. The predicted octanol–water partition coefficient (Wildman–Crippen LogP) is 1.43. The van der Waals surface area contributed by atoms with Crippen LogP contribution in [0, 0.1) is 48.4 Å². The van der Waals surface area contributed by atoms with E-state index in [1.165, 1.54) is 5.57 Å². The lowest BCUT2D eigenvalue weighted by atomic mass is 9.35. The number of aldehydes is 1. The first-order chi connectivity index (χ1) is 37.6. The van der Waals surface area contributed by atoms with E-state index >= 15 is 0 Å². The number of rotatable bonds is 19. The van der Waals surface area contributed by atoms with Crippen molar-refractivity contribution >= 4 is 46.7 Å². The molecule has 3 heterocycles. The molecule has 0 aromatic heterocycles. The van der Waals surface area contributed by atoms with E-state index in [4.69, 9.17) is 28.4 Å². The number of aliphatic carboxylic acids is 1. The summed E-state index contributed by atoms with van der Waals surface area (Å²) in [6.45, 7) is 12.3. The predicted molar refractivity (Wildman–Crippen MR) is 291 cm³/mol. The number of hydrogen-bond donors (Lipinski definition) is 12. The van der Waals surface area contributed by atoms with Gasteiger partial charge in [0.2, 0.25) is 5.91 Å². The normalized spacial score (nSPS) is 43.9. The van der Waals surface area contributed by atoms with Gasteiger partial charge in [0, 0.05) is 28.6 Å². The summed E-state index contributed by atoms with van der Waals surface area (Å²) in [7, 11) is 0. The third-order valence-corrected chi connectivity index (χ3v) is 20.6. The van der Waals surface area contributed by atoms with Crippen LogP contribution in [0.4, 0.5) is 0 Å². The summed E-state index contributed by atoms with van der Waals surface area (Å²) in [5.74, 6) is -2.11. The van der Waals surface area contributed by atoms with Crippen LogP contribution in [0.2, 0.25) is 0 Å². The lowest BCUT2D eigenvalue weighted by Crippen LogP contribution is -2.68. The number of nitrogens with one attached hydrogen (secondary N) is 2. The van der Waals surface area contributed by atoms with E-state index < -0.39 is 134 Å². The molecule has 1 aromatic rings. The zero-order valence-electron chi connectivity index (χ0n) is 46.5. The Hall–Kier alpha value is -2.83. The molecule has 0 bridgehead atoms. The van der Waals surface area contributed by atoms with Crippen molar-refractivity contribution in [2.24, 2.45) is 44.8 Å². The first kappa shape index (κ1) is 63.2. The van der Waals surface area contributed by atoms with Crippen LogP contribution >= 0.6 is 22.6 Å². The molecule has 6 fully saturated rings. The molecule has 8 rings (SSSR count). The van der Waals surface area contributed by atoms with Crippen molar-refractivity contribution in [3.05, 3.63) is 45.0 Å². The van der Waals surface area contributed by atoms with E-state index in [2.05, 4.69) is 73.9 Å². The Balaban J connectivity index is 0.979. The molecule has 2 amide bonds. The number of ether oxygens (including phenoxy) is 6. The standard InChI is InChI=1S/C57H85IN2O20/c1-53(2,17-7-8-38(65)59-20-21-60-48(72)28-9-11-30(58)12-10-28)23-29-22-31(63)24-57(6)32(29)13-14-36-54(3)18-16-37(55(4,27-62)35(54)15-19-56(36,57)5)77-52-47(80-51-43(70)41(68)40(67)34(25-61)76-51)45(44(71)46(79-52)49(73)74)78-50-42(69)39(66)33(64)26-75-50/h9-13,27,29,31,33-37,39-47,50-52,61,63-64,66-71H,7-8,14-26H2,1-6H3,(H,59,65)(H,60,72)(H,73,74)/t29?,31?,33-,34?,35?,36?,37+,39?,40+,41?,42?,43?,44+,45?,46?,47?,50+,51+,52-,54?,55?,56?,57?/m1/s1. The van der Waals surface area contributed by atoms with E-state index in [0.717, 1.165) is 29.1 Å². The third kappa shape index (κ3) is 12.3. The highest BCUT2D eigenvalue weighted by molar-refractivity contribution is 14.1. The summed E-state index contributed by atoms with van der Waals surface area (Å²) < 4.78 is 37.1. The molecule has 4 aliphatic carbocycles. The summed E-state index contributed by atoms with van der Waals surface area (Å²) in [6.07, 6.45) is -17.7. The number of carbonyl (C=O) groups excluding carboxylic acids is 3. The fourth-order valence-electron chi connectivity index (χ4n) is 15.5. The van der Waals surface area contributed by atoms with E-state index in [1.54, 1.807) is 19.1 Å². The van der Waals surface area contributed by atoms with Gasteiger partial charge in [-0.1, -0.05) is 53.2 Å². The average molecular weight is 1250 g/mol. The van der Waals surface area contributed by atoms with Gasteiger partial charge in [-0.2, -0.15) is 0 Å². The molecule has 0 spiro atoms. The fraction of sp³-hybridized carbons (Fsp3) is 0.789. The van der Waals surface area contributed by atoms with E-state index in [9.17, 15) is 70.2 Å². The van der Waals surface area contributed by atoms with Crippen LogP contribution in [-0.4, -0.2) is 200 Å². The van der Waals surface area contributed by atoms with Gasteiger partial charge in [-0.3, -0.25) is 9.59 Å². The first-order valence-corrected chi connectivity index (χ1v) is 29.3. The van der Waals surface area contributed by atoms with E-state index in [-0.39, 0.29) is 46.8 Å². The van der Waals surface area contributed by atoms with Gasteiger partial charge in [-0.25, -0.2) is 4.79 Å². The summed E-state index contributed by atoms with van der Waals surface area (Å²) >= 11 is 2.18. The molecule has 80 heavy (non-hydrogen) atoms. The summed E-state index contributed by atoms with van der Waals surface area (Å²) in [6, 6.07) is 7.25. The SMILES string of the molecule is CC(C)(CCCC(=O)NCCNC(=O)c1ccc(I)cc1)CC1CC(O)CC2(C)C1=CCC1C3(C)CC[C@H](O[C@@H]4OC(C(=O)O)[C@@H](O)C(O[C@@H]5OC[C@@H](O)C(O)C5O)C4O[C@@H]4OC(CO)[C@H](O)C(O)C4O)C(C)(C=O)C3CCC12C. The van der Waals surface area contributed by atoms with Crippen LogP contribution in [0.15, 0.2) is 35.9 Å². The number of carboxylic acid groups (broad SMARTS) is 1. The van der Waals surface area contributed by atoms with Gasteiger partial charge in [-0.05, 0) is 150 Å². The number of carboxylic acids is 1. The molecule has 22 nitrogen and oxygen atoms in total. The van der Waals surface area contributed by atoms with Gasteiger partial charge in [0.05, 0.1) is 30.8 Å². The number of carbonyl (C=O) groups is 4. The van der Waals surface area contributed by atoms with E-state index in [0.29, 0.717) is 63.6 Å². The molecule has 23 atom stereocenters. The van der Waals surface area contributed by atoms with E-state index in [1.807, 2.05) is 12.1 Å². The van der Waals surface area contributed by atoms with Crippen LogP contribution in [0.1, 0.15) is 123 Å². The fourth-order valence-corrected chi connectivity index (χ4v) is 15.8. The molecule has 450 valence electrons. The van der Waals surface area contributed by atoms with Crippen molar-refractivity contribution in [3.63, 3.8) is 0 Å². The van der Waals surface area contributed by atoms with Crippen LogP contribution in [0.25, 0.3) is 0 Å². The van der Waals surface area contributed by atoms with Gasteiger partial charge in [0.15, 0.2) is 25.0 Å². The number of hydrogen-bond acceptors (Lipinski definition) is 19. The van der Waals surface area contributed by atoms with Crippen molar-refractivity contribution in [1.29, 1.82) is 0 Å². The number of allylic oxidation sites excluding steroid dienone is 2. The highest BCUT2D eigenvalue weighted by Gasteiger charge is 2.69. The molecule has 12 N–H and O–H groups in total. The van der Waals surface area contributed by atoms with Gasteiger partial charge in [0.25, 0.3) is 5.91 Å². The smallest absolute Gasteiger partial charge is 0.335 e. The van der Waals surface area contributed by atoms with Crippen molar-refractivity contribution in [2.75, 3.05) is 26.3 Å². The second-order valence-electron chi connectivity index (χ2n) is 25.5. The van der Waals surface area contributed by atoms with Crippen molar-refractivity contribution in [1.82, 2.24) is 10.6 Å². The third-order valence-electron chi connectivity index (χ3n) is 19.9. The van der Waals surface area contributed by atoms with Crippen LogP contribution in [0.5, 0.6) is 0 Å². The Labute approximate surface area is 480 Å². The number of aliphatic hydroxyl groups excluding tert-OH is 9. The zero-order chi connectivity index (χ0) is 58.4. The second-order valence-corrected chi connectivity index (χ2v) is 26.7. The van der Waals surface area contributed by atoms with Gasteiger partial charge < -0.3 is 94.9 Å². The highest BCUT2D eigenvalue weighted by atomic mass is 127. The Morgan fingerprint density at radius 3 is 2.15 bits per heavy atom. The summed E-state index contributed by atoms with van der Waals surface area (Å²) in [4.78, 5) is 52.1. The Bertz CT molecular complexity index is 2380. The van der Waals surface area contributed by atoms with Crippen LogP contribution < -0.4 is 10.6 Å².